The minimum Gasteiger partial charge on any atom is -0.481 e. The first-order valence-corrected chi connectivity index (χ1v) is 14.7. The van der Waals surface area contributed by atoms with Crippen molar-refractivity contribution in [3.8, 4) is 0 Å². The largest absolute Gasteiger partial charge is 0.481 e. The van der Waals surface area contributed by atoms with Crippen molar-refractivity contribution in [3.63, 3.8) is 0 Å². The number of fused-ring (bicyclic) bond motifs is 1. The van der Waals surface area contributed by atoms with Crippen LogP contribution in [0, 0.1) is 0 Å². The summed E-state index contributed by atoms with van der Waals surface area (Å²) in [5.74, 6) is -4.78. The highest BCUT2D eigenvalue weighted by Gasteiger charge is 2.31. The number of nitrogens with two attached hydrogens (primary N) is 3. The maximum Gasteiger partial charge on any atom is 0.326 e. The van der Waals surface area contributed by atoms with Gasteiger partial charge in [-0.3, -0.25) is 24.2 Å². The van der Waals surface area contributed by atoms with Crippen molar-refractivity contribution < 1.29 is 34.2 Å². The number of carbonyl (C=O) groups excluding carboxylic acids is 3. The van der Waals surface area contributed by atoms with Crippen molar-refractivity contribution in [1.29, 1.82) is 0 Å². The van der Waals surface area contributed by atoms with Crippen molar-refractivity contribution in [1.82, 2.24) is 20.9 Å². The molecular weight excluding hydrogens is 596 g/mol. The lowest BCUT2D eigenvalue weighted by Crippen LogP contribution is -2.57. The number of nitrogens with zero attached hydrogens (tertiary/aromatic N) is 1. The van der Waals surface area contributed by atoms with Crippen LogP contribution in [0.4, 0.5) is 0 Å². The zero-order chi connectivity index (χ0) is 33.6. The second-order valence-corrected chi connectivity index (χ2v) is 10.8. The molecule has 0 spiro atoms. The molecule has 1 heterocycles. The second kappa shape index (κ2) is 17.2. The number of aromatic amines is 1. The normalized spacial score (nSPS) is 13.5. The molecule has 4 atom stereocenters. The highest BCUT2D eigenvalue weighted by atomic mass is 16.4. The lowest BCUT2D eigenvalue weighted by Gasteiger charge is -2.25. The Labute approximate surface area is 265 Å². The summed E-state index contributed by atoms with van der Waals surface area (Å²) in [7, 11) is 0. The predicted molar refractivity (Wildman–Crippen MR) is 170 cm³/mol. The Bertz CT molecular complexity index is 1540. The Hall–Kier alpha value is -5.44. The number of H-pyrrole nitrogens is 1. The summed E-state index contributed by atoms with van der Waals surface area (Å²) in [4.78, 5) is 70.2. The third-order valence-electron chi connectivity index (χ3n) is 7.21. The first-order chi connectivity index (χ1) is 21.9. The molecule has 0 aliphatic carbocycles. The molecule has 0 fully saturated rings. The van der Waals surface area contributed by atoms with Gasteiger partial charge in [0.05, 0.1) is 6.04 Å². The monoisotopic (exact) mass is 636 g/mol. The van der Waals surface area contributed by atoms with Gasteiger partial charge in [-0.2, -0.15) is 0 Å². The molecule has 0 aliphatic heterocycles. The first-order valence-electron chi connectivity index (χ1n) is 14.7. The number of amides is 3. The van der Waals surface area contributed by atoms with Gasteiger partial charge in [-0.15, -0.1) is 0 Å². The average Bonchev–Trinajstić information content (AvgIpc) is 3.43. The van der Waals surface area contributed by atoms with Crippen LogP contribution in [-0.4, -0.2) is 81.5 Å². The van der Waals surface area contributed by atoms with Crippen LogP contribution in [-0.2, 0) is 36.8 Å². The van der Waals surface area contributed by atoms with Gasteiger partial charge in [-0.05, 0) is 36.5 Å². The molecule has 3 rings (SSSR count). The number of carbonyl (C=O) groups is 5. The molecule has 3 amide bonds. The number of aromatic nitrogens is 1. The first kappa shape index (κ1) is 35.0. The molecule has 4 unspecified atom stereocenters. The van der Waals surface area contributed by atoms with Gasteiger partial charge in [0, 0.05) is 42.9 Å². The predicted octanol–water partition coefficient (Wildman–Crippen LogP) is -0.262. The van der Waals surface area contributed by atoms with E-state index in [1.807, 2.05) is 24.3 Å². The van der Waals surface area contributed by atoms with Crippen LogP contribution in [0.3, 0.4) is 0 Å². The van der Waals surface area contributed by atoms with Crippen molar-refractivity contribution >= 4 is 46.5 Å². The Morgan fingerprint density at radius 3 is 2.09 bits per heavy atom. The minimum absolute atomic E-state index is 0.00731. The van der Waals surface area contributed by atoms with Crippen LogP contribution in [0.25, 0.3) is 10.9 Å². The molecule has 3 aromatic rings. The number of nitrogens with one attached hydrogen (secondary N) is 4. The van der Waals surface area contributed by atoms with E-state index in [0.717, 1.165) is 10.9 Å². The molecule has 0 saturated heterocycles. The third-order valence-corrected chi connectivity index (χ3v) is 7.21. The van der Waals surface area contributed by atoms with Crippen molar-refractivity contribution in [2.75, 3.05) is 6.54 Å². The summed E-state index contributed by atoms with van der Waals surface area (Å²) < 4.78 is 0. The summed E-state index contributed by atoms with van der Waals surface area (Å²) in [6.07, 6.45) is 1.50. The molecular formula is C31H40N8O7. The number of para-hydroxylation sites is 1. The topological polar surface area (TPSA) is 268 Å². The molecule has 46 heavy (non-hydrogen) atoms. The number of hydrogen-bond acceptors (Lipinski definition) is 7. The number of rotatable bonds is 18. The fraction of sp³-hybridized carbons (Fsp3) is 0.355. The number of aliphatic imine (C=N–C) groups is 1. The number of hydrogen-bond donors (Lipinski definition) is 9. The van der Waals surface area contributed by atoms with Gasteiger partial charge in [0.15, 0.2) is 5.96 Å². The fourth-order valence-electron chi connectivity index (χ4n) is 4.79. The summed E-state index contributed by atoms with van der Waals surface area (Å²) >= 11 is 0. The summed E-state index contributed by atoms with van der Waals surface area (Å²) in [6, 6.07) is 11.2. The molecule has 15 nitrogen and oxygen atoms in total. The van der Waals surface area contributed by atoms with Gasteiger partial charge in [0.1, 0.15) is 18.1 Å². The zero-order valence-corrected chi connectivity index (χ0v) is 25.1. The summed E-state index contributed by atoms with van der Waals surface area (Å²) in [5.41, 5.74) is 18.8. The van der Waals surface area contributed by atoms with E-state index in [-0.39, 0.29) is 51.0 Å². The molecule has 15 heteroatoms. The lowest BCUT2D eigenvalue weighted by atomic mass is 10.0. The van der Waals surface area contributed by atoms with Crippen LogP contribution in [0.1, 0.15) is 36.8 Å². The van der Waals surface area contributed by atoms with Crippen LogP contribution in [0.2, 0.25) is 0 Å². The van der Waals surface area contributed by atoms with E-state index in [1.54, 1.807) is 36.5 Å². The smallest absolute Gasteiger partial charge is 0.326 e. The number of benzene rings is 2. The quantitative estimate of drug-likeness (QED) is 0.0501. The number of guanidine groups is 1. The van der Waals surface area contributed by atoms with Crippen LogP contribution in [0.5, 0.6) is 0 Å². The van der Waals surface area contributed by atoms with Crippen molar-refractivity contribution in [3.05, 3.63) is 71.9 Å². The Kier molecular flexibility index (Phi) is 13.1. The third kappa shape index (κ3) is 10.9. The van der Waals surface area contributed by atoms with Gasteiger partial charge >= 0.3 is 11.9 Å². The van der Waals surface area contributed by atoms with Gasteiger partial charge in [-0.25, -0.2) is 4.79 Å². The van der Waals surface area contributed by atoms with E-state index in [2.05, 4.69) is 25.9 Å². The SMILES string of the molecule is NC(N)=NCCCC(NC(=O)C(N)CCC(=O)O)C(=O)NC(Cc1c[nH]c2ccccc12)C(=O)NC(Cc1ccccc1)C(=O)O. The molecule has 0 radical (unpaired) electrons. The Balaban J connectivity index is 1.86. The van der Waals surface area contributed by atoms with E-state index in [0.29, 0.717) is 11.1 Å². The lowest BCUT2D eigenvalue weighted by molar-refractivity contribution is -0.142. The Morgan fingerprint density at radius 1 is 0.783 bits per heavy atom. The number of carboxylic acids is 2. The molecule has 12 N–H and O–H groups in total. The van der Waals surface area contributed by atoms with E-state index in [9.17, 15) is 29.1 Å². The molecule has 246 valence electrons. The highest BCUT2D eigenvalue weighted by molar-refractivity contribution is 5.95. The molecule has 0 bridgehead atoms. The maximum absolute atomic E-state index is 13.7. The Morgan fingerprint density at radius 2 is 1.41 bits per heavy atom. The minimum atomic E-state index is -1.29. The fourth-order valence-corrected chi connectivity index (χ4v) is 4.79. The van der Waals surface area contributed by atoms with E-state index in [4.69, 9.17) is 22.3 Å². The summed E-state index contributed by atoms with van der Waals surface area (Å²) in [6.45, 7) is 0.145. The summed E-state index contributed by atoms with van der Waals surface area (Å²) in [5, 5.41) is 27.4. The highest BCUT2D eigenvalue weighted by Crippen LogP contribution is 2.19. The molecule has 2 aromatic carbocycles. The molecule has 1 aromatic heterocycles. The van der Waals surface area contributed by atoms with Crippen LogP contribution >= 0.6 is 0 Å². The van der Waals surface area contributed by atoms with Crippen LogP contribution < -0.4 is 33.2 Å². The van der Waals surface area contributed by atoms with Gasteiger partial charge in [0.2, 0.25) is 17.7 Å². The van der Waals surface area contributed by atoms with Gasteiger partial charge in [-0.1, -0.05) is 48.5 Å². The maximum atomic E-state index is 13.7. The van der Waals surface area contributed by atoms with Crippen LogP contribution in [0.15, 0.2) is 65.8 Å². The molecule has 0 saturated carbocycles. The van der Waals surface area contributed by atoms with E-state index < -0.39 is 53.8 Å². The van der Waals surface area contributed by atoms with E-state index >= 15 is 0 Å². The van der Waals surface area contributed by atoms with Crippen molar-refractivity contribution in [2.24, 2.45) is 22.2 Å². The van der Waals surface area contributed by atoms with Gasteiger partial charge < -0.3 is 48.3 Å². The number of aliphatic carboxylic acids is 2. The second-order valence-electron chi connectivity index (χ2n) is 10.8. The van der Waals surface area contributed by atoms with E-state index in [1.165, 1.54) is 0 Å². The average molecular weight is 637 g/mol. The van der Waals surface area contributed by atoms with Gasteiger partial charge in [0.25, 0.3) is 0 Å². The zero-order valence-electron chi connectivity index (χ0n) is 25.1. The number of carboxylic acid groups (broad SMARTS) is 2. The molecule has 0 aliphatic rings. The van der Waals surface area contributed by atoms with Crippen molar-refractivity contribution in [2.45, 2.75) is 62.7 Å². The standard InChI is InChI=1S/C31H40N8O7/c32-21(12-13-26(40)41)27(42)37-23(11-6-14-35-31(33)34)28(43)38-24(16-19-17-36-22-10-5-4-9-20(19)22)29(44)39-25(30(45)46)15-18-7-2-1-3-8-18/h1-5,7-10,17,21,23-25,36H,6,11-16,32H2,(H,37,42)(H,38,43)(H,39,44)(H,40,41)(H,45,46)(H4,33,34,35).